The number of β-amino-alcohol motifs (C(OH)–C–C–N with tert-alkyl or cyclic N) is 1. The topological polar surface area (TPSA) is 123 Å². The third-order valence-electron chi connectivity index (χ3n) is 8.05. The van der Waals surface area contributed by atoms with E-state index in [9.17, 15) is 31.5 Å². The number of halogens is 4. The number of piperidine rings is 1. The first-order chi connectivity index (χ1) is 23.8. The second kappa shape index (κ2) is 16.1. The summed E-state index contributed by atoms with van der Waals surface area (Å²) < 4.78 is 98.2. The summed E-state index contributed by atoms with van der Waals surface area (Å²) in [7, 11) is -1.16. The maximum absolute atomic E-state index is 15.6. The van der Waals surface area contributed by atoms with Crippen LogP contribution in [0.25, 0.3) is 10.9 Å². The molecule has 0 radical (unpaired) electrons. The number of alkyl halides is 3. The number of nitrogens with zero attached hydrogens (tertiary/aromatic N) is 3. The standard InChI is InChI=1S/C35H44F4N4O7S/c1-34(2,3)50-33(45)42(32-28(36)18-26(51(6,46)47)19-31(32)49-5)14-8-9-24-17-27-29(10-7-11-30(27)43(24)22-35(37,38)39)40-23-12-15-41(16-13-23)20-25(44)21-48-4/h7,10-11,17-19,23,25,40,44H,12-16,20-22H2,1-6H3. The lowest BCUT2D eigenvalue weighted by molar-refractivity contribution is -0.140. The summed E-state index contributed by atoms with van der Waals surface area (Å²) in [6, 6.07) is 8.37. The monoisotopic (exact) mass is 740 g/mol. The molecule has 1 saturated heterocycles. The van der Waals surface area contributed by atoms with Gasteiger partial charge in [0.25, 0.3) is 0 Å². The second-order valence-corrected chi connectivity index (χ2v) is 15.4. The third-order valence-corrected chi connectivity index (χ3v) is 9.14. The zero-order chi connectivity index (χ0) is 37.7. The highest BCUT2D eigenvalue weighted by Crippen LogP contribution is 2.36. The second-order valence-electron chi connectivity index (χ2n) is 13.4. The molecule has 0 spiro atoms. The number of aliphatic hydroxyl groups excluding tert-OH is 1. The molecule has 2 heterocycles. The molecule has 1 aliphatic rings. The van der Waals surface area contributed by atoms with E-state index in [4.69, 9.17) is 14.2 Å². The van der Waals surface area contributed by atoms with Crippen LogP contribution >= 0.6 is 0 Å². The number of likely N-dealkylation sites (tertiary alicyclic amines) is 1. The van der Waals surface area contributed by atoms with Gasteiger partial charge in [0.1, 0.15) is 23.6 Å². The lowest BCUT2D eigenvalue weighted by Crippen LogP contribution is -2.43. The zero-order valence-electron chi connectivity index (χ0n) is 29.4. The van der Waals surface area contributed by atoms with Gasteiger partial charge in [-0.3, -0.25) is 4.90 Å². The van der Waals surface area contributed by atoms with Crippen LogP contribution in [-0.2, 0) is 25.9 Å². The van der Waals surface area contributed by atoms with Gasteiger partial charge in [-0.2, -0.15) is 13.2 Å². The van der Waals surface area contributed by atoms with Crippen LogP contribution in [0, 0.1) is 17.7 Å². The molecule has 1 unspecified atom stereocenters. The fraction of sp³-hybridized carbons (Fsp3) is 0.514. The molecule has 280 valence electrons. The number of aliphatic hydroxyl groups is 1. The van der Waals surface area contributed by atoms with Gasteiger partial charge in [-0.05, 0) is 63.8 Å². The van der Waals surface area contributed by atoms with E-state index in [1.54, 1.807) is 39.0 Å². The van der Waals surface area contributed by atoms with Gasteiger partial charge >= 0.3 is 12.3 Å². The van der Waals surface area contributed by atoms with Crippen molar-refractivity contribution >= 4 is 38.2 Å². The van der Waals surface area contributed by atoms with Gasteiger partial charge < -0.3 is 34.1 Å². The van der Waals surface area contributed by atoms with Gasteiger partial charge in [0, 0.05) is 56.2 Å². The number of hydrogen-bond acceptors (Lipinski definition) is 9. The van der Waals surface area contributed by atoms with Gasteiger partial charge in [0.15, 0.2) is 15.7 Å². The van der Waals surface area contributed by atoms with Crippen LogP contribution in [0.5, 0.6) is 5.75 Å². The molecule has 51 heavy (non-hydrogen) atoms. The summed E-state index contributed by atoms with van der Waals surface area (Å²) in [5.41, 5.74) is -0.557. The number of rotatable bonds is 11. The number of benzene rings is 2. The number of anilines is 2. The van der Waals surface area contributed by atoms with Crippen molar-refractivity contribution in [3.8, 4) is 17.6 Å². The Morgan fingerprint density at radius 2 is 1.82 bits per heavy atom. The summed E-state index contributed by atoms with van der Waals surface area (Å²) in [6.45, 7) is 5.05. The summed E-state index contributed by atoms with van der Waals surface area (Å²) in [6.07, 6.45) is -3.84. The first-order valence-electron chi connectivity index (χ1n) is 16.2. The number of sulfone groups is 1. The molecule has 1 aromatic heterocycles. The lowest BCUT2D eigenvalue weighted by atomic mass is 10.0. The van der Waals surface area contributed by atoms with E-state index in [0.717, 1.165) is 53.8 Å². The van der Waals surface area contributed by atoms with Crippen molar-refractivity contribution in [2.45, 2.75) is 69.0 Å². The number of carbonyl (C=O) groups is 1. The van der Waals surface area contributed by atoms with Crippen molar-refractivity contribution in [1.29, 1.82) is 0 Å². The number of hydrogen-bond donors (Lipinski definition) is 2. The Bertz CT molecular complexity index is 1870. The smallest absolute Gasteiger partial charge is 0.415 e. The van der Waals surface area contributed by atoms with Crippen LogP contribution in [0.4, 0.5) is 33.7 Å². The van der Waals surface area contributed by atoms with Gasteiger partial charge in [-0.1, -0.05) is 12.0 Å². The molecule has 2 N–H and O–H groups in total. The first-order valence-corrected chi connectivity index (χ1v) is 18.1. The number of fused-ring (bicyclic) bond motifs is 1. The highest BCUT2D eigenvalue weighted by atomic mass is 32.2. The number of aromatic nitrogens is 1. The maximum atomic E-state index is 15.6. The van der Waals surface area contributed by atoms with Gasteiger partial charge in [0.2, 0.25) is 0 Å². The molecule has 2 aromatic carbocycles. The van der Waals surface area contributed by atoms with Gasteiger partial charge in [0.05, 0.1) is 42.5 Å². The Morgan fingerprint density at radius 1 is 1.14 bits per heavy atom. The predicted octanol–water partition coefficient (Wildman–Crippen LogP) is 5.43. The van der Waals surface area contributed by atoms with Crippen molar-refractivity contribution in [3.63, 3.8) is 0 Å². The fourth-order valence-corrected chi connectivity index (χ4v) is 6.47. The molecule has 0 bridgehead atoms. The SMILES string of the molecule is COCC(O)CN1CCC(Nc2cccc3c2cc(C#CCN(C(=O)OC(C)(C)C)c2c(F)cc(S(C)(=O)=O)cc2OC)n3CC(F)(F)F)CC1. The quantitative estimate of drug-likeness (QED) is 0.196. The van der Waals surface area contributed by atoms with E-state index >= 15 is 4.39 Å². The first kappa shape index (κ1) is 39.7. The molecule has 11 nitrogen and oxygen atoms in total. The molecule has 16 heteroatoms. The van der Waals surface area contributed by atoms with Crippen molar-refractivity contribution < 1.29 is 50.1 Å². The number of carbonyl (C=O) groups excluding carboxylic acids is 1. The zero-order valence-corrected chi connectivity index (χ0v) is 30.3. The minimum atomic E-state index is -4.59. The highest BCUT2D eigenvalue weighted by Gasteiger charge is 2.31. The Kier molecular flexibility index (Phi) is 12.5. The number of ether oxygens (including phenoxy) is 3. The van der Waals surface area contributed by atoms with E-state index in [1.165, 1.54) is 20.3 Å². The van der Waals surface area contributed by atoms with E-state index in [0.29, 0.717) is 17.6 Å². The van der Waals surface area contributed by atoms with Crippen molar-refractivity contribution in [2.24, 2.45) is 0 Å². The molecular weight excluding hydrogens is 696 g/mol. The molecule has 3 aromatic rings. The fourth-order valence-electron chi connectivity index (χ4n) is 5.83. The molecule has 0 saturated carbocycles. The van der Waals surface area contributed by atoms with Crippen molar-refractivity contribution in [3.05, 3.63) is 47.9 Å². The summed E-state index contributed by atoms with van der Waals surface area (Å²) >= 11 is 0. The lowest BCUT2D eigenvalue weighted by Gasteiger charge is -2.34. The van der Waals surface area contributed by atoms with Crippen LogP contribution in [0.1, 0.15) is 39.3 Å². The summed E-state index contributed by atoms with van der Waals surface area (Å²) in [5, 5.41) is 14.1. The molecule has 4 rings (SSSR count). The number of nitrogens with one attached hydrogen (secondary N) is 1. The van der Waals surface area contributed by atoms with Crippen LogP contribution in [0.3, 0.4) is 0 Å². The third kappa shape index (κ3) is 10.7. The minimum Gasteiger partial charge on any atom is -0.494 e. The molecular formula is C35H44F4N4O7S. The van der Waals surface area contributed by atoms with E-state index < -0.39 is 58.4 Å². The number of amides is 1. The van der Waals surface area contributed by atoms with Crippen LogP contribution in [0.2, 0.25) is 0 Å². The summed E-state index contributed by atoms with van der Waals surface area (Å²) in [4.78, 5) is 15.9. The molecule has 1 amide bonds. The van der Waals surface area contributed by atoms with Crippen LogP contribution in [0.15, 0.2) is 41.3 Å². The van der Waals surface area contributed by atoms with Crippen LogP contribution in [-0.4, -0.2) is 106 Å². The average Bonchev–Trinajstić information content (AvgIpc) is 3.35. The predicted molar refractivity (Wildman–Crippen MR) is 185 cm³/mol. The Labute approximate surface area is 295 Å². The summed E-state index contributed by atoms with van der Waals surface area (Å²) in [5.74, 6) is 4.04. The normalized spacial score (nSPS) is 15.3. The van der Waals surface area contributed by atoms with E-state index in [-0.39, 0.29) is 34.5 Å². The van der Waals surface area contributed by atoms with Crippen LogP contribution < -0.4 is 15.0 Å². The van der Waals surface area contributed by atoms with E-state index in [1.807, 2.05) is 0 Å². The number of methoxy groups -OCH3 is 2. The Hall–Kier alpha value is -4.04. The Balaban J connectivity index is 1.69. The van der Waals surface area contributed by atoms with Crippen molar-refractivity contribution in [2.75, 3.05) is 63.5 Å². The van der Waals surface area contributed by atoms with Crippen molar-refractivity contribution in [1.82, 2.24) is 9.47 Å². The largest absolute Gasteiger partial charge is 0.494 e. The maximum Gasteiger partial charge on any atom is 0.415 e. The molecule has 1 fully saturated rings. The van der Waals surface area contributed by atoms with Gasteiger partial charge in [-0.15, -0.1) is 0 Å². The highest BCUT2D eigenvalue weighted by molar-refractivity contribution is 7.90. The molecule has 1 aliphatic heterocycles. The average molecular weight is 741 g/mol. The Morgan fingerprint density at radius 3 is 2.41 bits per heavy atom. The molecule has 1 atom stereocenters. The van der Waals surface area contributed by atoms with Gasteiger partial charge in [-0.25, -0.2) is 17.6 Å². The molecule has 0 aliphatic carbocycles. The minimum absolute atomic E-state index is 0.00234. The van der Waals surface area contributed by atoms with E-state index in [2.05, 4.69) is 22.1 Å².